The van der Waals surface area contributed by atoms with Crippen LogP contribution >= 0.6 is 0 Å². The lowest BCUT2D eigenvalue weighted by atomic mass is 9.77. The molecule has 1 heterocycles. The van der Waals surface area contributed by atoms with Crippen molar-refractivity contribution in [3.05, 3.63) is 12.2 Å². The third-order valence-corrected chi connectivity index (χ3v) is 3.70. The predicted octanol–water partition coefficient (Wildman–Crippen LogP) is 1.57. The van der Waals surface area contributed by atoms with Gasteiger partial charge in [-0.3, -0.25) is 10.1 Å². The van der Waals surface area contributed by atoms with E-state index in [4.69, 9.17) is 9.47 Å². The van der Waals surface area contributed by atoms with Crippen molar-refractivity contribution in [3.63, 3.8) is 0 Å². The third kappa shape index (κ3) is 3.03. The number of nitrogens with one attached hydrogen (secondary N) is 1. The van der Waals surface area contributed by atoms with E-state index in [1.807, 2.05) is 26.8 Å². The van der Waals surface area contributed by atoms with Crippen LogP contribution in [0.2, 0.25) is 0 Å². The van der Waals surface area contributed by atoms with Crippen molar-refractivity contribution in [2.75, 3.05) is 6.54 Å². The predicted molar refractivity (Wildman–Crippen MR) is 74.0 cm³/mol. The molecule has 0 amide bonds. The summed E-state index contributed by atoms with van der Waals surface area (Å²) < 4.78 is 10.8. The van der Waals surface area contributed by atoms with Gasteiger partial charge in [0, 0.05) is 6.92 Å². The van der Waals surface area contributed by atoms with Crippen LogP contribution in [0, 0.1) is 5.92 Å². The summed E-state index contributed by atoms with van der Waals surface area (Å²) in [6.07, 6.45) is 4.90. The Morgan fingerprint density at radius 2 is 2.05 bits per heavy atom. The van der Waals surface area contributed by atoms with E-state index in [-0.39, 0.29) is 24.0 Å². The van der Waals surface area contributed by atoms with Crippen LogP contribution in [0.3, 0.4) is 0 Å². The monoisotopic (exact) mass is 281 g/mol. The van der Waals surface area contributed by atoms with E-state index in [1.54, 1.807) is 6.08 Å². The number of carbonyl (C=O) groups is 2. The summed E-state index contributed by atoms with van der Waals surface area (Å²) in [5.41, 5.74) is -1.27. The van der Waals surface area contributed by atoms with Crippen LogP contribution < -0.4 is 5.32 Å². The van der Waals surface area contributed by atoms with E-state index in [2.05, 4.69) is 5.32 Å². The largest absolute Gasteiger partial charge is 0.458 e. The van der Waals surface area contributed by atoms with E-state index in [9.17, 15) is 9.59 Å². The van der Waals surface area contributed by atoms with Gasteiger partial charge in [-0.15, -0.1) is 0 Å². The summed E-state index contributed by atoms with van der Waals surface area (Å²) in [4.78, 5) is 23.5. The summed E-state index contributed by atoms with van der Waals surface area (Å²) >= 11 is 0. The number of ether oxygens (including phenoxy) is 2. The normalized spacial score (nSPS) is 32.6. The van der Waals surface area contributed by atoms with Crippen LogP contribution in [0.1, 0.15) is 40.5 Å². The van der Waals surface area contributed by atoms with Crippen LogP contribution in [0.5, 0.6) is 0 Å². The van der Waals surface area contributed by atoms with Crippen molar-refractivity contribution in [1.82, 2.24) is 5.32 Å². The van der Waals surface area contributed by atoms with Crippen LogP contribution in [-0.4, -0.2) is 35.7 Å². The molecule has 20 heavy (non-hydrogen) atoms. The molecule has 1 saturated heterocycles. The van der Waals surface area contributed by atoms with Gasteiger partial charge in [-0.25, -0.2) is 4.79 Å². The summed E-state index contributed by atoms with van der Waals surface area (Å²) in [6.45, 7) is 7.75. The highest BCUT2D eigenvalue weighted by molar-refractivity contribution is 5.85. The summed E-state index contributed by atoms with van der Waals surface area (Å²) in [7, 11) is 0. The van der Waals surface area contributed by atoms with Crippen molar-refractivity contribution in [2.45, 2.75) is 57.8 Å². The number of fused-ring (bicyclic) bond motifs is 1. The standard InChI is InChI=1S/C15H23NO4/c1-10(17)19-12-5-7-15(11(9-12)6-8-16-15)13(18)20-14(2,3)4/h5,7,11-12,16H,6,8-9H2,1-4H3/t11-,12-,15+/m1/s1. The summed E-state index contributed by atoms with van der Waals surface area (Å²) in [6, 6.07) is 0. The summed E-state index contributed by atoms with van der Waals surface area (Å²) in [5, 5.41) is 3.27. The van der Waals surface area contributed by atoms with Crippen molar-refractivity contribution in [3.8, 4) is 0 Å². The Labute approximate surface area is 119 Å². The van der Waals surface area contributed by atoms with Crippen molar-refractivity contribution < 1.29 is 19.1 Å². The highest BCUT2D eigenvalue weighted by Gasteiger charge is 2.51. The molecule has 1 aliphatic carbocycles. The zero-order chi connectivity index (χ0) is 15.0. The van der Waals surface area contributed by atoms with E-state index in [1.165, 1.54) is 6.92 Å². The minimum atomic E-state index is -0.760. The second kappa shape index (κ2) is 5.20. The van der Waals surface area contributed by atoms with Gasteiger partial charge in [0.25, 0.3) is 0 Å². The minimum Gasteiger partial charge on any atom is -0.458 e. The first-order valence-corrected chi connectivity index (χ1v) is 7.08. The van der Waals surface area contributed by atoms with Gasteiger partial charge in [0.2, 0.25) is 0 Å². The molecule has 3 atom stereocenters. The van der Waals surface area contributed by atoms with E-state index in [0.717, 1.165) is 13.0 Å². The average Bonchev–Trinajstić information content (AvgIpc) is 2.70. The second-order valence-corrected chi connectivity index (χ2v) is 6.53. The maximum Gasteiger partial charge on any atom is 0.331 e. The Bertz CT molecular complexity index is 438. The lowest BCUT2D eigenvalue weighted by molar-refractivity contribution is -0.163. The number of carbonyl (C=O) groups excluding carboxylic acids is 2. The van der Waals surface area contributed by atoms with Gasteiger partial charge in [0.1, 0.15) is 17.2 Å². The Morgan fingerprint density at radius 1 is 1.35 bits per heavy atom. The van der Waals surface area contributed by atoms with Crippen molar-refractivity contribution >= 4 is 11.9 Å². The average molecular weight is 281 g/mol. The van der Waals surface area contributed by atoms with E-state index >= 15 is 0 Å². The Balaban J connectivity index is 2.17. The van der Waals surface area contributed by atoms with Crippen molar-refractivity contribution in [1.29, 1.82) is 0 Å². The molecule has 112 valence electrons. The molecular weight excluding hydrogens is 258 g/mol. The zero-order valence-electron chi connectivity index (χ0n) is 12.6. The molecule has 2 aliphatic rings. The maximum atomic E-state index is 12.5. The molecule has 1 aliphatic heterocycles. The number of hydrogen-bond donors (Lipinski definition) is 1. The van der Waals surface area contributed by atoms with Gasteiger partial charge < -0.3 is 9.47 Å². The molecule has 0 radical (unpaired) electrons. The first-order chi connectivity index (χ1) is 9.23. The molecule has 0 aromatic carbocycles. The first kappa shape index (κ1) is 15.0. The van der Waals surface area contributed by atoms with E-state index < -0.39 is 11.1 Å². The number of esters is 2. The molecule has 1 N–H and O–H groups in total. The smallest absolute Gasteiger partial charge is 0.331 e. The molecule has 0 unspecified atom stereocenters. The molecule has 5 nitrogen and oxygen atoms in total. The maximum absolute atomic E-state index is 12.5. The molecule has 0 aromatic heterocycles. The first-order valence-electron chi connectivity index (χ1n) is 7.08. The second-order valence-electron chi connectivity index (χ2n) is 6.53. The summed E-state index contributed by atoms with van der Waals surface area (Å²) in [5.74, 6) is -0.438. The molecule has 0 spiro atoms. The Hall–Kier alpha value is -1.36. The van der Waals surface area contributed by atoms with Gasteiger partial charge in [-0.05, 0) is 52.2 Å². The SMILES string of the molecule is CC(=O)O[C@@H]1C=C[C@]2(C(=O)OC(C)(C)C)NCC[C@@H]2C1. The Morgan fingerprint density at radius 3 is 2.65 bits per heavy atom. The fourth-order valence-corrected chi connectivity index (χ4v) is 2.91. The fourth-order valence-electron chi connectivity index (χ4n) is 2.91. The molecule has 2 rings (SSSR count). The molecule has 1 fully saturated rings. The molecular formula is C15H23NO4. The van der Waals surface area contributed by atoms with Gasteiger partial charge in [0.05, 0.1) is 0 Å². The lowest BCUT2D eigenvalue weighted by Gasteiger charge is -2.37. The minimum absolute atomic E-state index is 0.103. The van der Waals surface area contributed by atoms with Gasteiger partial charge in [0.15, 0.2) is 0 Å². The molecule has 0 aromatic rings. The Kier molecular flexibility index (Phi) is 3.91. The van der Waals surface area contributed by atoms with Gasteiger partial charge in [-0.1, -0.05) is 6.08 Å². The van der Waals surface area contributed by atoms with Crippen molar-refractivity contribution in [2.24, 2.45) is 5.92 Å². The van der Waals surface area contributed by atoms with Crippen LogP contribution in [0.4, 0.5) is 0 Å². The quantitative estimate of drug-likeness (QED) is 0.615. The van der Waals surface area contributed by atoms with Crippen LogP contribution in [-0.2, 0) is 19.1 Å². The highest BCUT2D eigenvalue weighted by Crippen LogP contribution is 2.38. The molecule has 0 saturated carbocycles. The van der Waals surface area contributed by atoms with E-state index in [0.29, 0.717) is 6.42 Å². The third-order valence-electron chi connectivity index (χ3n) is 3.70. The highest BCUT2D eigenvalue weighted by atomic mass is 16.6. The van der Waals surface area contributed by atoms with Crippen LogP contribution in [0.25, 0.3) is 0 Å². The fraction of sp³-hybridized carbons (Fsp3) is 0.733. The van der Waals surface area contributed by atoms with Crippen LogP contribution in [0.15, 0.2) is 12.2 Å². The molecule has 5 heteroatoms. The number of hydrogen-bond acceptors (Lipinski definition) is 5. The zero-order valence-corrected chi connectivity index (χ0v) is 12.6. The molecule has 0 bridgehead atoms. The topological polar surface area (TPSA) is 64.6 Å². The lowest BCUT2D eigenvalue weighted by Crippen LogP contribution is -2.55. The van der Waals surface area contributed by atoms with Gasteiger partial charge in [-0.2, -0.15) is 0 Å². The van der Waals surface area contributed by atoms with Gasteiger partial charge >= 0.3 is 11.9 Å². The number of rotatable bonds is 2.